The van der Waals surface area contributed by atoms with Gasteiger partial charge >= 0.3 is 0 Å². The van der Waals surface area contributed by atoms with Crippen molar-refractivity contribution in [3.8, 4) is 0 Å². The van der Waals surface area contributed by atoms with Gasteiger partial charge in [-0.15, -0.1) is 0 Å². The average Bonchev–Trinajstić information content (AvgIpc) is 2.75. The summed E-state index contributed by atoms with van der Waals surface area (Å²) < 4.78 is 0. The molecule has 0 aromatic carbocycles. The molecule has 2 atom stereocenters. The van der Waals surface area contributed by atoms with Gasteiger partial charge in [0.2, 0.25) is 0 Å². The van der Waals surface area contributed by atoms with Crippen molar-refractivity contribution in [1.82, 2.24) is 5.32 Å². The van der Waals surface area contributed by atoms with Gasteiger partial charge in [0.25, 0.3) is 0 Å². The van der Waals surface area contributed by atoms with Crippen molar-refractivity contribution in [2.24, 2.45) is 11.8 Å². The fourth-order valence-corrected chi connectivity index (χ4v) is 2.44. The van der Waals surface area contributed by atoms with Crippen LogP contribution in [0.4, 0.5) is 0 Å². The summed E-state index contributed by atoms with van der Waals surface area (Å²) in [5.74, 6) is 1.56. The average molecular weight is 239 g/mol. The number of aryl methyl sites for hydroxylation is 1. The van der Waals surface area contributed by atoms with Crippen molar-refractivity contribution < 1.29 is 0 Å². The molecule has 0 saturated carbocycles. The smallest absolute Gasteiger partial charge is 0.00104 e. The first kappa shape index (κ1) is 13.7. The lowest BCUT2D eigenvalue weighted by molar-refractivity contribution is 0.338. The van der Waals surface area contributed by atoms with E-state index in [4.69, 9.17) is 0 Å². The van der Waals surface area contributed by atoms with Gasteiger partial charge in [0.05, 0.1) is 0 Å². The largest absolute Gasteiger partial charge is 0.314 e. The summed E-state index contributed by atoms with van der Waals surface area (Å²) in [5.41, 5.74) is 1.50. The fraction of sp³-hybridized carbons (Fsp3) is 0.714. The van der Waals surface area contributed by atoms with E-state index in [9.17, 15) is 0 Å². The zero-order chi connectivity index (χ0) is 12.0. The van der Waals surface area contributed by atoms with Gasteiger partial charge in [-0.25, -0.2) is 0 Å². The molecule has 2 heteroatoms. The molecular formula is C14H25NS. The van der Waals surface area contributed by atoms with Gasteiger partial charge in [0, 0.05) is 6.04 Å². The van der Waals surface area contributed by atoms with Crippen LogP contribution < -0.4 is 5.32 Å². The van der Waals surface area contributed by atoms with Crippen LogP contribution in [0.1, 0.15) is 39.7 Å². The van der Waals surface area contributed by atoms with E-state index in [1.54, 1.807) is 11.3 Å². The highest BCUT2D eigenvalue weighted by atomic mass is 32.1. The fourth-order valence-electron chi connectivity index (χ4n) is 1.74. The minimum atomic E-state index is 0.603. The molecule has 92 valence electrons. The second-order valence-corrected chi connectivity index (χ2v) is 5.97. The Labute approximate surface area is 104 Å². The predicted molar refractivity (Wildman–Crippen MR) is 74.1 cm³/mol. The highest BCUT2D eigenvalue weighted by molar-refractivity contribution is 7.07. The van der Waals surface area contributed by atoms with Gasteiger partial charge in [-0.2, -0.15) is 11.3 Å². The molecule has 1 rings (SSSR count). The van der Waals surface area contributed by atoms with Crippen molar-refractivity contribution in [3.63, 3.8) is 0 Å². The summed E-state index contributed by atoms with van der Waals surface area (Å²) in [5, 5.41) is 7.96. The molecule has 0 aliphatic rings. The Morgan fingerprint density at radius 3 is 2.50 bits per heavy atom. The first-order valence-corrected chi connectivity index (χ1v) is 7.28. The van der Waals surface area contributed by atoms with E-state index >= 15 is 0 Å². The maximum absolute atomic E-state index is 3.52. The highest BCUT2D eigenvalue weighted by Gasteiger charge is 2.12. The molecular weight excluding hydrogens is 214 g/mol. The van der Waals surface area contributed by atoms with Crippen LogP contribution in [0, 0.1) is 11.8 Å². The highest BCUT2D eigenvalue weighted by Crippen LogP contribution is 2.18. The van der Waals surface area contributed by atoms with E-state index in [1.165, 1.54) is 18.4 Å². The molecule has 0 amide bonds. The summed E-state index contributed by atoms with van der Waals surface area (Å²) in [6.45, 7) is 10.3. The summed E-state index contributed by atoms with van der Waals surface area (Å²) in [4.78, 5) is 0. The molecule has 1 N–H and O–H groups in total. The van der Waals surface area contributed by atoms with Gasteiger partial charge < -0.3 is 5.32 Å². The van der Waals surface area contributed by atoms with Gasteiger partial charge in [-0.1, -0.05) is 27.7 Å². The molecule has 0 fully saturated rings. The van der Waals surface area contributed by atoms with Crippen LogP contribution in [-0.4, -0.2) is 12.6 Å². The van der Waals surface area contributed by atoms with Crippen LogP contribution >= 0.6 is 11.3 Å². The third-order valence-electron chi connectivity index (χ3n) is 3.29. The Morgan fingerprint density at radius 1 is 1.19 bits per heavy atom. The molecule has 0 aliphatic carbocycles. The number of hydrogen-bond donors (Lipinski definition) is 1. The number of rotatable bonds is 7. The Morgan fingerprint density at radius 2 is 1.94 bits per heavy atom. The maximum Gasteiger partial charge on any atom is 0.00104 e. The Hall–Kier alpha value is -0.340. The molecule has 0 radical (unpaired) electrons. The Kier molecular flexibility index (Phi) is 6.07. The number of hydrogen-bond acceptors (Lipinski definition) is 2. The molecule has 1 heterocycles. The van der Waals surface area contributed by atoms with Crippen molar-refractivity contribution >= 4 is 11.3 Å². The number of nitrogens with one attached hydrogen (secondary N) is 1. The molecule has 1 aromatic rings. The Bertz CT molecular complexity index is 266. The van der Waals surface area contributed by atoms with E-state index in [0.29, 0.717) is 6.04 Å². The van der Waals surface area contributed by atoms with Crippen molar-refractivity contribution in [2.75, 3.05) is 6.54 Å². The molecule has 0 bridgehead atoms. The van der Waals surface area contributed by atoms with E-state index in [-0.39, 0.29) is 0 Å². The topological polar surface area (TPSA) is 12.0 Å². The summed E-state index contributed by atoms with van der Waals surface area (Å²) >= 11 is 1.80. The van der Waals surface area contributed by atoms with E-state index in [1.807, 2.05) is 0 Å². The first-order valence-electron chi connectivity index (χ1n) is 6.34. The maximum atomic E-state index is 3.52. The van der Waals surface area contributed by atoms with Crippen LogP contribution in [0.25, 0.3) is 0 Å². The summed E-state index contributed by atoms with van der Waals surface area (Å²) in [6.07, 6.45) is 2.54. The summed E-state index contributed by atoms with van der Waals surface area (Å²) in [7, 11) is 0. The second-order valence-electron chi connectivity index (χ2n) is 5.19. The predicted octanol–water partition coefficient (Wildman–Crippen LogP) is 3.95. The van der Waals surface area contributed by atoms with Crippen LogP contribution in [0.3, 0.4) is 0 Å². The minimum absolute atomic E-state index is 0.603. The van der Waals surface area contributed by atoms with Crippen LogP contribution in [0.5, 0.6) is 0 Å². The second kappa shape index (κ2) is 7.08. The van der Waals surface area contributed by atoms with Crippen molar-refractivity contribution in [1.29, 1.82) is 0 Å². The molecule has 1 aromatic heterocycles. The lowest BCUT2D eigenvalue weighted by Gasteiger charge is -2.21. The van der Waals surface area contributed by atoms with Crippen LogP contribution in [-0.2, 0) is 6.42 Å². The van der Waals surface area contributed by atoms with Gasteiger partial charge in [-0.05, 0) is 53.6 Å². The van der Waals surface area contributed by atoms with Crippen LogP contribution in [0.2, 0.25) is 0 Å². The molecule has 0 saturated heterocycles. The molecule has 0 spiro atoms. The zero-order valence-electron chi connectivity index (χ0n) is 11.0. The molecule has 1 nitrogen and oxygen atoms in total. The molecule has 0 aliphatic heterocycles. The number of thiophene rings is 1. The Balaban J connectivity index is 2.20. The minimum Gasteiger partial charge on any atom is -0.314 e. The standard InChI is InChI=1S/C14H25NS/c1-11(2)15-9-13(4)12(3)5-6-14-7-8-16-10-14/h7-8,10-13,15H,5-6,9H2,1-4H3. The normalized spacial score (nSPS) is 15.3. The monoisotopic (exact) mass is 239 g/mol. The lowest BCUT2D eigenvalue weighted by atomic mass is 9.90. The zero-order valence-corrected chi connectivity index (χ0v) is 11.8. The van der Waals surface area contributed by atoms with Crippen molar-refractivity contribution in [3.05, 3.63) is 22.4 Å². The van der Waals surface area contributed by atoms with Gasteiger partial charge in [-0.3, -0.25) is 0 Å². The SMILES string of the molecule is CC(C)NCC(C)C(C)CCc1ccsc1. The van der Waals surface area contributed by atoms with Gasteiger partial charge in [0.15, 0.2) is 0 Å². The molecule has 16 heavy (non-hydrogen) atoms. The third kappa shape index (κ3) is 5.13. The van der Waals surface area contributed by atoms with E-state index in [0.717, 1.165) is 18.4 Å². The van der Waals surface area contributed by atoms with Gasteiger partial charge in [0.1, 0.15) is 0 Å². The third-order valence-corrected chi connectivity index (χ3v) is 4.02. The van der Waals surface area contributed by atoms with E-state index in [2.05, 4.69) is 49.8 Å². The van der Waals surface area contributed by atoms with Crippen LogP contribution in [0.15, 0.2) is 16.8 Å². The van der Waals surface area contributed by atoms with Crippen molar-refractivity contribution in [2.45, 2.75) is 46.6 Å². The first-order chi connectivity index (χ1) is 7.59. The summed E-state index contributed by atoms with van der Waals surface area (Å²) in [6, 6.07) is 2.85. The van der Waals surface area contributed by atoms with E-state index < -0.39 is 0 Å². The molecule has 2 unspecified atom stereocenters. The quantitative estimate of drug-likeness (QED) is 0.759. The lowest BCUT2D eigenvalue weighted by Crippen LogP contribution is -2.30.